The highest BCUT2D eigenvalue weighted by Crippen LogP contribution is 2.13. The number of benzene rings is 1. The van der Waals surface area contributed by atoms with Crippen molar-refractivity contribution in [3.8, 4) is 0 Å². The van der Waals surface area contributed by atoms with Crippen LogP contribution in [0.25, 0.3) is 0 Å². The summed E-state index contributed by atoms with van der Waals surface area (Å²) in [4.78, 5) is 10.2. The summed E-state index contributed by atoms with van der Waals surface area (Å²) in [5.41, 5.74) is 1.07. The van der Waals surface area contributed by atoms with Crippen LogP contribution in [0, 0.1) is 10.1 Å². The van der Waals surface area contributed by atoms with Gasteiger partial charge in [-0.3, -0.25) is 10.1 Å². The molecule has 1 unspecified atom stereocenters. The second kappa shape index (κ2) is 5.05. The first-order valence-corrected chi connectivity index (χ1v) is 5.30. The molecule has 0 radical (unpaired) electrons. The molecule has 1 aromatic rings. The first-order chi connectivity index (χ1) is 7.75. The van der Waals surface area contributed by atoms with Gasteiger partial charge >= 0.3 is 0 Å². The van der Waals surface area contributed by atoms with Gasteiger partial charge in [-0.05, 0) is 12.0 Å². The average molecular weight is 222 g/mol. The molecule has 1 atom stereocenters. The number of nitrogens with one attached hydrogen (secondary N) is 1. The fourth-order valence-electron chi connectivity index (χ4n) is 1.74. The predicted molar refractivity (Wildman–Crippen MR) is 59.2 cm³/mol. The molecule has 0 aliphatic carbocycles. The lowest BCUT2D eigenvalue weighted by molar-refractivity contribution is -0.384. The molecular weight excluding hydrogens is 208 g/mol. The SMILES string of the molecule is O=[N+]([O-])c1cccc(CNC2CCOC2)c1. The Kier molecular flexibility index (Phi) is 3.48. The molecule has 1 heterocycles. The Hall–Kier alpha value is -1.46. The summed E-state index contributed by atoms with van der Waals surface area (Å²) in [5, 5.41) is 13.9. The summed E-state index contributed by atoms with van der Waals surface area (Å²) >= 11 is 0. The van der Waals surface area contributed by atoms with E-state index in [2.05, 4.69) is 5.32 Å². The van der Waals surface area contributed by atoms with Gasteiger partial charge in [-0.25, -0.2) is 0 Å². The fraction of sp³-hybridized carbons (Fsp3) is 0.455. The Morgan fingerprint density at radius 3 is 3.12 bits per heavy atom. The third-order valence-corrected chi connectivity index (χ3v) is 2.65. The number of ether oxygens (including phenoxy) is 1. The summed E-state index contributed by atoms with van der Waals surface area (Å²) < 4.78 is 5.24. The number of nitro benzene ring substituents is 1. The molecule has 86 valence electrons. The molecule has 0 amide bonds. The zero-order valence-corrected chi connectivity index (χ0v) is 8.89. The molecule has 5 heteroatoms. The van der Waals surface area contributed by atoms with Crippen LogP contribution in [-0.2, 0) is 11.3 Å². The highest BCUT2D eigenvalue weighted by Gasteiger charge is 2.14. The molecule has 1 aliphatic heterocycles. The summed E-state index contributed by atoms with van der Waals surface area (Å²) in [6.45, 7) is 2.18. The maximum atomic E-state index is 10.6. The van der Waals surface area contributed by atoms with E-state index in [-0.39, 0.29) is 10.6 Å². The van der Waals surface area contributed by atoms with Crippen LogP contribution in [0.1, 0.15) is 12.0 Å². The molecule has 16 heavy (non-hydrogen) atoms. The van der Waals surface area contributed by atoms with Crippen LogP contribution in [-0.4, -0.2) is 24.2 Å². The van der Waals surface area contributed by atoms with Crippen molar-refractivity contribution in [2.24, 2.45) is 0 Å². The van der Waals surface area contributed by atoms with Gasteiger partial charge < -0.3 is 10.1 Å². The van der Waals surface area contributed by atoms with Gasteiger partial charge in [-0.2, -0.15) is 0 Å². The van der Waals surface area contributed by atoms with Crippen molar-refractivity contribution in [3.05, 3.63) is 39.9 Å². The smallest absolute Gasteiger partial charge is 0.269 e. The van der Waals surface area contributed by atoms with E-state index in [1.54, 1.807) is 12.1 Å². The van der Waals surface area contributed by atoms with Crippen LogP contribution in [0.4, 0.5) is 5.69 Å². The molecule has 0 spiro atoms. The van der Waals surface area contributed by atoms with Crippen molar-refractivity contribution in [2.45, 2.75) is 19.0 Å². The van der Waals surface area contributed by atoms with Crippen molar-refractivity contribution in [2.75, 3.05) is 13.2 Å². The van der Waals surface area contributed by atoms with Gasteiger partial charge in [0.2, 0.25) is 0 Å². The van der Waals surface area contributed by atoms with E-state index < -0.39 is 0 Å². The number of hydrogen-bond donors (Lipinski definition) is 1. The van der Waals surface area contributed by atoms with Crippen LogP contribution in [0.15, 0.2) is 24.3 Å². The topological polar surface area (TPSA) is 64.4 Å². The van der Waals surface area contributed by atoms with Gasteiger partial charge in [0.05, 0.1) is 11.5 Å². The predicted octanol–water partition coefficient (Wildman–Crippen LogP) is 1.47. The summed E-state index contributed by atoms with van der Waals surface area (Å²) in [6.07, 6.45) is 1.01. The molecule has 1 aliphatic rings. The van der Waals surface area contributed by atoms with Crippen molar-refractivity contribution in [1.29, 1.82) is 0 Å². The lowest BCUT2D eigenvalue weighted by Crippen LogP contribution is -2.28. The quantitative estimate of drug-likeness (QED) is 0.619. The van der Waals surface area contributed by atoms with Crippen LogP contribution in [0.2, 0.25) is 0 Å². The first kappa shape index (κ1) is 11.0. The van der Waals surface area contributed by atoms with Gasteiger partial charge in [-0.1, -0.05) is 12.1 Å². The number of hydrogen-bond acceptors (Lipinski definition) is 4. The van der Waals surface area contributed by atoms with E-state index in [1.807, 2.05) is 6.07 Å². The van der Waals surface area contributed by atoms with Crippen LogP contribution >= 0.6 is 0 Å². The number of rotatable bonds is 4. The minimum Gasteiger partial charge on any atom is -0.380 e. The Bertz CT molecular complexity index is 375. The Balaban J connectivity index is 1.93. The molecule has 5 nitrogen and oxygen atoms in total. The van der Waals surface area contributed by atoms with Gasteiger partial charge in [0.25, 0.3) is 5.69 Å². The number of non-ortho nitro benzene ring substituents is 1. The highest BCUT2D eigenvalue weighted by atomic mass is 16.6. The van der Waals surface area contributed by atoms with Crippen LogP contribution in [0.5, 0.6) is 0 Å². The fourth-order valence-corrected chi connectivity index (χ4v) is 1.74. The standard InChI is InChI=1S/C11H14N2O3/c14-13(15)11-3-1-2-9(6-11)7-12-10-4-5-16-8-10/h1-3,6,10,12H,4-5,7-8H2. The lowest BCUT2D eigenvalue weighted by atomic mass is 10.2. The summed E-state index contributed by atoms with van der Waals surface area (Å²) in [5.74, 6) is 0. The molecular formula is C11H14N2O3. The summed E-state index contributed by atoms with van der Waals surface area (Å²) in [6, 6.07) is 7.07. The average Bonchev–Trinajstić information content (AvgIpc) is 2.79. The van der Waals surface area contributed by atoms with Crippen LogP contribution < -0.4 is 5.32 Å². The van der Waals surface area contributed by atoms with E-state index >= 15 is 0 Å². The molecule has 2 rings (SSSR count). The highest BCUT2D eigenvalue weighted by molar-refractivity contribution is 5.34. The third-order valence-electron chi connectivity index (χ3n) is 2.65. The Labute approximate surface area is 93.6 Å². The van der Waals surface area contributed by atoms with Gasteiger partial charge in [-0.15, -0.1) is 0 Å². The third kappa shape index (κ3) is 2.77. The normalized spacial score (nSPS) is 19.9. The van der Waals surface area contributed by atoms with Crippen molar-refractivity contribution >= 4 is 5.69 Å². The lowest BCUT2D eigenvalue weighted by Gasteiger charge is -2.09. The Morgan fingerprint density at radius 2 is 2.44 bits per heavy atom. The number of nitro groups is 1. The van der Waals surface area contributed by atoms with Gasteiger partial charge in [0.1, 0.15) is 0 Å². The van der Waals surface area contributed by atoms with Gasteiger partial charge in [0.15, 0.2) is 0 Å². The molecule has 0 bridgehead atoms. The molecule has 1 N–H and O–H groups in total. The number of nitrogens with zero attached hydrogens (tertiary/aromatic N) is 1. The molecule has 1 aromatic carbocycles. The first-order valence-electron chi connectivity index (χ1n) is 5.30. The second-order valence-electron chi connectivity index (χ2n) is 3.87. The van der Waals surface area contributed by atoms with E-state index in [4.69, 9.17) is 4.74 Å². The largest absolute Gasteiger partial charge is 0.380 e. The van der Waals surface area contributed by atoms with Crippen LogP contribution in [0.3, 0.4) is 0 Å². The molecule has 0 saturated carbocycles. The van der Waals surface area contributed by atoms with Crippen molar-refractivity contribution < 1.29 is 9.66 Å². The second-order valence-corrected chi connectivity index (χ2v) is 3.87. The zero-order chi connectivity index (χ0) is 11.4. The molecule has 0 aromatic heterocycles. The molecule has 1 saturated heterocycles. The van der Waals surface area contributed by atoms with E-state index in [1.165, 1.54) is 6.07 Å². The van der Waals surface area contributed by atoms with E-state index in [0.29, 0.717) is 12.6 Å². The van der Waals surface area contributed by atoms with Crippen molar-refractivity contribution in [3.63, 3.8) is 0 Å². The maximum Gasteiger partial charge on any atom is 0.269 e. The Morgan fingerprint density at radius 1 is 1.56 bits per heavy atom. The molecule has 1 fully saturated rings. The van der Waals surface area contributed by atoms with E-state index in [0.717, 1.165) is 25.2 Å². The maximum absolute atomic E-state index is 10.6. The van der Waals surface area contributed by atoms with Crippen molar-refractivity contribution in [1.82, 2.24) is 5.32 Å². The monoisotopic (exact) mass is 222 g/mol. The minimum atomic E-state index is -0.373. The summed E-state index contributed by atoms with van der Waals surface area (Å²) in [7, 11) is 0. The van der Waals surface area contributed by atoms with Gasteiger partial charge in [0, 0.05) is 31.3 Å². The zero-order valence-electron chi connectivity index (χ0n) is 8.89. The van der Waals surface area contributed by atoms with E-state index in [9.17, 15) is 10.1 Å². The minimum absolute atomic E-state index is 0.141.